The molecular formula is C14H8BrCl2FN2. The lowest BCUT2D eigenvalue weighted by Crippen LogP contribution is -2.02. The van der Waals surface area contributed by atoms with Crippen molar-refractivity contribution in [1.29, 1.82) is 0 Å². The van der Waals surface area contributed by atoms with Crippen LogP contribution in [0.15, 0.2) is 40.9 Å². The summed E-state index contributed by atoms with van der Waals surface area (Å²) in [6.07, 6.45) is 0. The number of alkyl halides is 1. The molecule has 2 nitrogen and oxygen atoms in total. The van der Waals surface area contributed by atoms with Gasteiger partial charge in [0.1, 0.15) is 11.6 Å². The van der Waals surface area contributed by atoms with E-state index in [-0.39, 0.29) is 11.7 Å². The third-order valence-electron chi connectivity index (χ3n) is 2.95. The number of hydrogen-bond donors (Lipinski definition) is 0. The highest BCUT2D eigenvalue weighted by atomic mass is 79.9. The molecule has 3 rings (SSSR count). The lowest BCUT2D eigenvalue weighted by Gasteiger charge is -2.09. The summed E-state index contributed by atoms with van der Waals surface area (Å²) in [6, 6.07) is 10.0. The van der Waals surface area contributed by atoms with E-state index in [0.717, 1.165) is 15.5 Å². The van der Waals surface area contributed by atoms with Gasteiger partial charge in [0, 0.05) is 9.50 Å². The van der Waals surface area contributed by atoms with Crippen molar-refractivity contribution in [3.05, 3.63) is 57.5 Å². The van der Waals surface area contributed by atoms with Gasteiger partial charge in [-0.15, -0.1) is 11.6 Å². The second-order valence-corrected chi connectivity index (χ2v) is 5.85. The van der Waals surface area contributed by atoms with Gasteiger partial charge in [0.05, 0.1) is 22.6 Å². The molecule has 0 aliphatic heterocycles. The predicted molar refractivity (Wildman–Crippen MR) is 83.3 cm³/mol. The monoisotopic (exact) mass is 372 g/mol. The smallest absolute Gasteiger partial charge is 0.147 e. The molecule has 0 atom stereocenters. The molecule has 0 amide bonds. The van der Waals surface area contributed by atoms with E-state index in [0.29, 0.717) is 16.5 Å². The van der Waals surface area contributed by atoms with Gasteiger partial charge in [-0.1, -0.05) is 27.5 Å². The molecule has 0 unspecified atom stereocenters. The van der Waals surface area contributed by atoms with Gasteiger partial charge in [-0.3, -0.25) is 4.57 Å². The normalized spacial score (nSPS) is 11.2. The average molecular weight is 374 g/mol. The van der Waals surface area contributed by atoms with E-state index < -0.39 is 0 Å². The maximum Gasteiger partial charge on any atom is 0.147 e. The summed E-state index contributed by atoms with van der Waals surface area (Å²) < 4.78 is 16.7. The molecule has 0 aliphatic rings. The van der Waals surface area contributed by atoms with Crippen LogP contribution in [0.25, 0.3) is 16.7 Å². The summed E-state index contributed by atoms with van der Waals surface area (Å²) in [5.41, 5.74) is 1.87. The van der Waals surface area contributed by atoms with Crippen LogP contribution in [0.3, 0.4) is 0 Å². The second kappa shape index (κ2) is 5.35. The molecule has 0 radical (unpaired) electrons. The van der Waals surface area contributed by atoms with Crippen LogP contribution in [-0.4, -0.2) is 9.55 Å². The summed E-state index contributed by atoms with van der Waals surface area (Å²) in [5.74, 6) is 0.374. The number of halogens is 4. The SMILES string of the molecule is Fc1ccc(Cl)cc1-n1c(CCl)nc2ccc(Br)cc21. The molecule has 0 spiro atoms. The average Bonchev–Trinajstić information content (AvgIpc) is 2.79. The Bertz CT molecular complexity index is 801. The molecule has 0 bridgehead atoms. The van der Waals surface area contributed by atoms with Crippen molar-refractivity contribution >= 4 is 50.2 Å². The van der Waals surface area contributed by atoms with Gasteiger partial charge in [0.2, 0.25) is 0 Å². The van der Waals surface area contributed by atoms with Crippen LogP contribution in [0, 0.1) is 5.82 Å². The Hall–Kier alpha value is -1.10. The van der Waals surface area contributed by atoms with Crippen molar-refractivity contribution in [3.8, 4) is 5.69 Å². The Morgan fingerprint density at radius 1 is 1.20 bits per heavy atom. The molecule has 0 aliphatic carbocycles. The number of rotatable bonds is 2. The summed E-state index contributed by atoms with van der Waals surface area (Å²) in [4.78, 5) is 4.42. The maximum atomic E-state index is 14.1. The molecule has 102 valence electrons. The van der Waals surface area contributed by atoms with Crippen molar-refractivity contribution in [1.82, 2.24) is 9.55 Å². The van der Waals surface area contributed by atoms with E-state index in [1.165, 1.54) is 12.1 Å². The van der Waals surface area contributed by atoms with Gasteiger partial charge in [-0.2, -0.15) is 0 Å². The van der Waals surface area contributed by atoms with Gasteiger partial charge in [-0.25, -0.2) is 9.37 Å². The summed E-state index contributed by atoms with van der Waals surface area (Å²) in [5, 5.41) is 0.457. The van der Waals surface area contributed by atoms with Crippen LogP contribution in [0.1, 0.15) is 5.82 Å². The van der Waals surface area contributed by atoms with E-state index >= 15 is 0 Å². The van der Waals surface area contributed by atoms with Crippen molar-refractivity contribution in [3.63, 3.8) is 0 Å². The molecule has 20 heavy (non-hydrogen) atoms. The first-order chi connectivity index (χ1) is 9.60. The molecule has 6 heteroatoms. The molecule has 0 N–H and O–H groups in total. The minimum Gasteiger partial charge on any atom is -0.292 e. The zero-order valence-corrected chi connectivity index (χ0v) is 13.2. The highest BCUT2D eigenvalue weighted by Gasteiger charge is 2.15. The highest BCUT2D eigenvalue weighted by molar-refractivity contribution is 9.10. The summed E-state index contributed by atoms with van der Waals surface area (Å²) >= 11 is 15.3. The molecule has 3 aromatic rings. The van der Waals surface area contributed by atoms with Crippen LogP contribution in [-0.2, 0) is 5.88 Å². The van der Waals surface area contributed by atoms with Crippen LogP contribution in [0.4, 0.5) is 4.39 Å². The van der Waals surface area contributed by atoms with Gasteiger partial charge < -0.3 is 0 Å². The quantitative estimate of drug-likeness (QED) is 0.556. The van der Waals surface area contributed by atoms with Crippen molar-refractivity contribution in [2.24, 2.45) is 0 Å². The van der Waals surface area contributed by atoms with E-state index in [4.69, 9.17) is 23.2 Å². The molecular weight excluding hydrogens is 366 g/mol. The Labute approximate surface area is 133 Å². The zero-order valence-electron chi connectivity index (χ0n) is 10.1. The Kier molecular flexibility index (Phi) is 3.71. The molecule has 1 aromatic heterocycles. The fourth-order valence-corrected chi connectivity index (χ4v) is 2.81. The number of aromatic nitrogens is 2. The predicted octanol–water partition coefficient (Wildman–Crippen LogP) is 5.32. The van der Waals surface area contributed by atoms with Gasteiger partial charge in [-0.05, 0) is 36.4 Å². The van der Waals surface area contributed by atoms with Crippen LogP contribution >= 0.6 is 39.1 Å². The van der Waals surface area contributed by atoms with Crippen LogP contribution in [0.2, 0.25) is 5.02 Å². The Balaban J connectivity index is 2.39. The minimum absolute atomic E-state index is 0.179. The number of benzene rings is 2. The first-order valence-electron chi connectivity index (χ1n) is 5.78. The van der Waals surface area contributed by atoms with Gasteiger partial charge in [0.25, 0.3) is 0 Å². The molecule has 0 fully saturated rings. The van der Waals surface area contributed by atoms with E-state index in [9.17, 15) is 4.39 Å². The fourth-order valence-electron chi connectivity index (χ4n) is 2.11. The summed E-state index contributed by atoms with van der Waals surface area (Å²) in [7, 11) is 0. The lowest BCUT2D eigenvalue weighted by atomic mass is 10.2. The van der Waals surface area contributed by atoms with E-state index in [1.54, 1.807) is 10.6 Å². The van der Waals surface area contributed by atoms with Gasteiger partial charge >= 0.3 is 0 Å². The van der Waals surface area contributed by atoms with Crippen molar-refractivity contribution in [2.75, 3.05) is 0 Å². The topological polar surface area (TPSA) is 17.8 Å². The molecule has 0 saturated carbocycles. The summed E-state index contributed by atoms with van der Waals surface area (Å²) in [6.45, 7) is 0. The number of hydrogen-bond acceptors (Lipinski definition) is 1. The van der Waals surface area contributed by atoms with Crippen LogP contribution in [0.5, 0.6) is 0 Å². The maximum absolute atomic E-state index is 14.1. The van der Waals surface area contributed by atoms with Crippen molar-refractivity contribution < 1.29 is 4.39 Å². The number of fused-ring (bicyclic) bond motifs is 1. The second-order valence-electron chi connectivity index (χ2n) is 4.23. The third kappa shape index (κ3) is 2.32. The largest absolute Gasteiger partial charge is 0.292 e. The van der Waals surface area contributed by atoms with Crippen molar-refractivity contribution in [2.45, 2.75) is 5.88 Å². The van der Waals surface area contributed by atoms with Gasteiger partial charge in [0.15, 0.2) is 0 Å². The molecule has 0 saturated heterocycles. The standard InChI is InChI=1S/C14H8BrCl2FN2/c15-8-1-4-11-13(5-8)20(14(7-16)19-11)12-6-9(17)2-3-10(12)18/h1-6H,7H2. The Morgan fingerprint density at radius 2 is 2.00 bits per heavy atom. The fraction of sp³-hybridized carbons (Fsp3) is 0.0714. The Morgan fingerprint density at radius 3 is 2.75 bits per heavy atom. The number of nitrogens with zero attached hydrogens (tertiary/aromatic N) is 2. The minimum atomic E-state index is -0.375. The lowest BCUT2D eigenvalue weighted by molar-refractivity contribution is 0.618. The first kappa shape index (κ1) is 13.9. The molecule has 1 heterocycles. The zero-order chi connectivity index (χ0) is 14.3. The first-order valence-corrected chi connectivity index (χ1v) is 7.49. The number of imidazole rings is 1. The highest BCUT2D eigenvalue weighted by Crippen LogP contribution is 2.28. The third-order valence-corrected chi connectivity index (χ3v) is 3.92. The molecule has 2 aromatic carbocycles. The van der Waals surface area contributed by atoms with E-state index in [1.807, 2.05) is 18.2 Å². The van der Waals surface area contributed by atoms with E-state index in [2.05, 4.69) is 20.9 Å². The van der Waals surface area contributed by atoms with Crippen LogP contribution < -0.4 is 0 Å².